The molecule has 0 saturated carbocycles. The zero-order valence-corrected chi connectivity index (χ0v) is 18.9. The van der Waals surface area contributed by atoms with Crippen molar-refractivity contribution in [2.24, 2.45) is 0 Å². The van der Waals surface area contributed by atoms with E-state index in [0.29, 0.717) is 10.1 Å². The molecule has 4 aromatic rings. The molecule has 0 spiro atoms. The molecule has 2 atom stereocenters. The van der Waals surface area contributed by atoms with Gasteiger partial charge >= 0.3 is 0 Å². The van der Waals surface area contributed by atoms with Gasteiger partial charge in [-0.15, -0.1) is 0 Å². The Morgan fingerprint density at radius 3 is 2.38 bits per heavy atom. The zero-order chi connectivity index (χ0) is 22.1. The van der Waals surface area contributed by atoms with Gasteiger partial charge in [-0.25, -0.2) is 0 Å². The highest BCUT2D eigenvalue weighted by Gasteiger charge is 2.42. The fourth-order valence-electron chi connectivity index (χ4n) is 4.15. The van der Waals surface area contributed by atoms with Gasteiger partial charge in [-0.3, -0.25) is 4.98 Å². The summed E-state index contributed by atoms with van der Waals surface area (Å²) in [7, 11) is 1.67. The smallest absolute Gasteiger partial charge is 0.174 e. The van der Waals surface area contributed by atoms with Gasteiger partial charge in [0, 0.05) is 34.5 Å². The van der Waals surface area contributed by atoms with Crippen LogP contribution in [0.25, 0.3) is 5.69 Å². The summed E-state index contributed by atoms with van der Waals surface area (Å²) >= 11 is 12.0. The quantitative estimate of drug-likeness (QED) is 0.386. The van der Waals surface area contributed by atoms with E-state index >= 15 is 0 Å². The van der Waals surface area contributed by atoms with E-state index in [9.17, 15) is 0 Å². The Balaban J connectivity index is 1.64. The highest BCUT2D eigenvalue weighted by Crippen LogP contribution is 2.42. The number of ether oxygens (including phenoxy) is 1. The summed E-state index contributed by atoms with van der Waals surface area (Å²) in [5, 5.41) is 4.83. The molecule has 1 aliphatic heterocycles. The van der Waals surface area contributed by atoms with Crippen LogP contribution in [-0.4, -0.2) is 21.8 Å². The Bertz CT molecular complexity index is 1230. The van der Waals surface area contributed by atoms with E-state index in [0.717, 1.165) is 28.5 Å². The summed E-state index contributed by atoms with van der Waals surface area (Å²) < 4.78 is 7.51. The number of halogens is 1. The Kier molecular flexibility index (Phi) is 5.55. The van der Waals surface area contributed by atoms with Crippen molar-refractivity contribution in [2.45, 2.75) is 12.1 Å². The van der Waals surface area contributed by atoms with Crippen molar-refractivity contribution in [3.8, 4) is 11.4 Å². The van der Waals surface area contributed by atoms with Crippen molar-refractivity contribution < 1.29 is 4.74 Å². The van der Waals surface area contributed by atoms with E-state index in [1.54, 1.807) is 7.11 Å². The molecule has 160 valence electrons. The fraction of sp³-hybridized carbons (Fsp3) is 0.120. The Morgan fingerprint density at radius 2 is 1.69 bits per heavy atom. The van der Waals surface area contributed by atoms with Crippen molar-refractivity contribution in [1.82, 2.24) is 14.9 Å². The molecule has 0 amide bonds. The molecule has 3 heterocycles. The Labute approximate surface area is 197 Å². The summed E-state index contributed by atoms with van der Waals surface area (Å²) in [4.78, 5) is 6.77. The first-order chi connectivity index (χ1) is 15.7. The van der Waals surface area contributed by atoms with Gasteiger partial charge in [-0.2, -0.15) is 0 Å². The molecular weight excluding hydrogens is 440 g/mol. The molecule has 7 heteroatoms. The van der Waals surface area contributed by atoms with Gasteiger partial charge in [0.15, 0.2) is 5.11 Å². The number of benzene rings is 2. The summed E-state index contributed by atoms with van der Waals surface area (Å²) in [5.41, 5.74) is 4.03. The first-order valence-corrected chi connectivity index (χ1v) is 11.0. The molecule has 1 saturated heterocycles. The maximum Gasteiger partial charge on any atom is 0.174 e. The van der Waals surface area contributed by atoms with Gasteiger partial charge in [0.1, 0.15) is 11.8 Å². The maximum atomic E-state index is 6.15. The van der Waals surface area contributed by atoms with E-state index in [4.69, 9.17) is 28.6 Å². The molecule has 0 unspecified atom stereocenters. The highest BCUT2D eigenvalue weighted by molar-refractivity contribution is 7.80. The monoisotopic (exact) mass is 460 g/mol. The van der Waals surface area contributed by atoms with Crippen LogP contribution in [0.2, 0.25) is 5.02 Å². The SMILES string of the molecule is COc1ccc(-n2cccc2[C@H]2[C@H](c3ccccn3)NC(=S)N2c2ccc(Cl)cc2)cc1. The zero-order valence-electron chi connectivity index (χ0n) is 17.4. The lowest BCUT2D eigenvalue weighted by Gasteiger charge is -2.29. The van der Waals surface area contributed by atoms with Crippen LogP contribution < -0.4 is 15.0 Å². The largest absolute Gasteiger partial charge is 0.497 e. The van der Waals surface area contributed by atoms with Crippen LogP contribution in [0.4, 0.5) is 5.69 Å². The normalized spacial score (nSPS) is 17.9. The van der Waals surface area contributed by atoms with Crippen LogP contribution in [-0.2, 0) is 0 Å². The van der Waals surface area contributed by atoms with E-state index in [1.807, 2.05) is 72.9 Å². The van der Waals surface area contributed by atoms with Gasteiger partial charge in [-0.1, -0.05) is 17.7 Å². The topological polar surface area (TPSA) is 42.3 Å². The lowest BCUT2D eigenvalue weighted by atomic mass is 10.0. The second kappa shape index (κ2) is 8.65. The molecule has 0 bridgehead atoms. The van der Waals surface area contributed by atoms with Crippen molar-refractivity contribution >= 4 is 34.6 Å². The summed E-state index contributed by atoms with van der Waals surface area (Å²) in [6.45, 7) is 0. The molecule has 5 rings (SSSR count). The molecule has 5 nitrogen and oxygen atoms in total. The van der Waals surface area contributed by atoms with Gasteiger partial charge in [0.25, 0.3) is 0 Å². The number of rotatable bonds is 5. The fourth-order valence-corrected chi connectivity index (χ4v) is 4.62. The second-order valence-electron chi connectivity index (χ2n) is 7.47. The molecule has 0 aliphatic carbocycles. The predicted octanol–water partition coefficient (Wildman–Crippen LogP) is 5.71. The number of thiocarbonyl (C=S) groups is 1. The number of nitrogens with one attached hydrogen (secondary N) is 1. The number of aromatic nitrogens is 2. The number of nitrogens with zero attached hydrogens (tertiary/aromatic N) is 3. The van der Waals surface area contributed by atoms with Crippen LogP contribution in [0.5, 0.6) is 5.75 Å². The minimum atomic E-state index is -0.119. The van der Waals surface area contributed by atoms with Crippen molar-refractivity contribution in [1.29, 1.82) is 0 Å². The standard InChI is InChI=1S/C25H21ClN4OS/c1-31-20-13-11-18(12-14-20)29-16-4-6-22(29)24-23(21-5-2-3-15-27-21)28-25(32)30(24)19-9-7-17(26)8-10-19/h2-16,23-24H,1H3,(H,28,32)/t23-,24-/m0/s1. The number of hydrogen-bond donors (Lipinski definition) is 1. The van der Waals surface area contributed by atoms with E-state index < -0.39 is 0 Å². The first-order valence-electron chi connectivity index (χ1n) is 10.2. The molecule has 1 N–H and O–H groups in total. The minimum absolute atomic E-state index is 0.115. The van der Waals surface area contributed by atoms with E-state index in [1.165, 1.54) is 0 Å². The number of pyridine rings is 1. The average molecular weight is 461 g/mol. The third-order valence-electron chi connectivity index (χ3n) is 5.64. The van der Waals surface area contributed by atoms with Crippen molar-refractivity contribution in [3.05, 3.63) is 108 Å². The lowest BCUT2D eigenvalue weighted by Crippen LogP contribution is -2.30. The molecule has 2 aromatic carbocycles. The van der Waals surface area contributed by atoms with Crippen LogP contribution in [0.15, 0.2) is 91.3 Å². The maximum absolute atomic E-state index is 6.15. The molecule has 1 aliphatic rings. The van der Waals surface area contributed by atoms with Gasteiger partial charge in [0.05, 0.1) is 18.8 Å². The van der Waals surface area contributed by atoms with Crippen LogP contribution in [0.1, 0.15) is 23.5 Å². The van der Waals surface area contributed by atoms with Gasteiger partial charge in [-0.05, 0) is 85.0 Å². The summed E-state index contributed by atoms with van der Waals surface area (Å²) in [6.07, 6.45) is 3.87. The Hall–Kier alpha value is -3.35. The van der Waals surface area contributed by atoms with Crippen molar-refractivity contribution in [2.75, 3.05) is 12.0 Å². The van der Waals surface area contributed by atoms with E-state index in [-0.39, 0.29) is 12.1 Å². The number of anilines is 1. The first kappa shape index (κ1) is 20.5. The minimum Gasteiger partial charge on any atom is -0.497 e. The molecule has 2 aromatic heterocycles. The predicted molar refractivity (Wildman–Crippen MR) is 132 cm³/mol. The highest BCUT2D eigenvalue weighted by atomic mass is 35.5. The summed E-state index contributed by atoms with van der Waals surface area (Å²) in [5.74, 6) is 0.820. The molecule has 1 fully saturated rings. The second-order valence-corrected chi connectivity index (χ2v) is 8.30. The van der Waals surface area contributed by atoms with Crippen molar-refractivity contribution in [3.63, 3.8) is 0 Å². The average Bonchev–Trinajstić information content (AvgIpc) is 3.44. The van der Waals surface area contributed by atoms with Crippen LogP contribution in [0.3, 0.4) is 0 Å². The summed E-state index contributed by atoms with van der Waals surface area (Å²) in [6, 6.07) is 25.7. The molecule has 0 radical (unpaired) electrons. The van der Waals surface area contributed by atoms with E-state index in [2.05, 4.69) is 38.1 Å². The van der Waals surface area contributed by atoms with Gasteiger partial charge < -0.3 is 19.5 Å². The Morgan fingerprint density at radius 1 is 0.938 bits per heavy atom. The lowest BCUT2D eigenvalue weighted by molar-refractivity contribution is 0.414. The molecular formula is C25H21ClN4OS. The van der Waals surface area contributed by atoms with Crippen LogP contribution >= 0.6 is 23.8 Å². The van der Waals surface area contributed by atoms with Crippen LogP contribution in [0, 0.1) is 0 Å². The molecule has 32 heavy (non-hydrogen) atoms. The number of methoxy groups -OCH3 is 1. The third kappa shape index (κ3) is 3.72. The number of hydrogen-bond acceptors (Lipinski definition) is 3. The third-order valence-corrected chi connectivity index (χ3v) is 6.20. The van der Waals surface area contributed by atoms with Gasteiger partial charge in [0.2, 0.25) is 0 Å².